The van der Waals surface area contributed by atoms with Crippen molar-refractivity contribution < 1.29 is 58.2 Å². The lowest BCUT2D eigenvalue weighted by Gasteiger charge is -2.40. The largest absolute Gasteiger partial charge is 0.479 e. The summed E-state index contributed by atoms with van der Waals surface area (Å²) in [6.45, 7) is 5.80. The van der Waals surface area contributed by atoms with E-state index in [-0.39, 0.29) is 25.9 Å². The third kappa shape index (κ3) is 41.0. The van der Waals surface area contributed by atoms with Crippen LogP contribution in [-0.2, 0) is 42.9 Å². The number of carbonyl (C=O) groups excluding carboxylic acids is 3. The van der Waals surface area contributed by atoms with Crippen LogP contribution in [0.3, 0.4) is 0 Å². The van der Waals surface area contributed by atoms with Gasteiger partial charge in [0.25, 0.3) is 0 Å². The SMILES string of the molecule is CC/C=C\C/C=C\C/C=C\C/C=C\CCCCCCCCC(=O)OCC(COC1OC(C(=O)O)C(O)C(O)C1OC(=O)CCCCCCC/C=C\C/C=C\CCC)OC(=O)CCCCCCCCCCCCCCC. The van der Waals surface area contributed by atoms with Crippen LogP contribution in [0, 0.1) is 0 Å². The summed E-state index contributed by atoms with van der Waals surface area (Å²) < 4.78 is 28.4. The second-order valence-electron chi connectivity index (χ2n) is 20.3. The van der Waals surface area contributed by atoms with E-state index in [2.05, 4.69) is 93.7 Å². The highest BCUT2D eigenvalue weighted by Crippen LogP contribution is 2.26. The first-order chi connectivity index (χ1) is 36.6. The van der Waals surface area contributed by atoms with Crippen molar-refractivity contribution in [3.8, 4) is 0 Å². The fourth-order valence-corrected chi connectivity index (χ4v) is 8.69. The quantitative estimate of drug-likeness (QED) is 0.0228. The number of hydrogen-bond donors (Lipinski definition) is 3. The number of aliphatic carboxylic acids is 1. The topological polar surface area (TPSA) is 175 Å². The third-order valence-corrected chi connectivity index (χ3v) is 13.2. The van der Waals surface area contributed by atoms with Gasteiger partial charge in [-0.2, -0.15) is 0 Å². The van der Waals surface area contributed by atoms with E-state index in [0.29, 0.717) is 19.3 Å². The van der Waals surface area contributed by atoms with Crippen molar-refractivity contribution in [3.05, 3.63) is 72.9 Å². The van der Waals surface area contributed by atoms with Crippen LogP contribution in [0.5, 0.6) is 0 Å². The summed E-state index contributed by atoms with van der Waals surface area (Å²) in [4.78, 5) is 51.1. The summed E-state index contributed by atoms with van der Waals surface area (Å²) in [5, 5.41) is 31.5. The maximum Gasteiger partial charge on any atom is 0.335 e. The molecule has 1 rings (SSSR count). The smallest absolute Gasteiger partial charge is 0.335 e. The number of unbranched alkanes of at least 4 members (excludes halogenated alkanes) is 24. The molecule has 1 heterocycles. The fourth-order valence-electron chi connectivity index (χ4n) is 8.69. The zero-order chi connectivity index (χ0) is 54.7. The lowest BCUT2D eigenvalue weighted by molar-refractivity contribution is -0.301. The molecular formula is C63H106O12. The summed E-state index contributed by atoms with van der Waals surface area (Å²) in [5.41, 5.74) is 0. The van der Waals surface area contributed by atoms with Gasteiger partial charge >= 0.3 is 23.9 Å². The Morgan fingerprint density at radius 1 is 0.453 bits per heavy atom. The van der Waals surface area contributed by atoms with Crippen molar-refractivity contribution in [3.63, 3.8) is 0 Å². The van der Waals surface area contributed by atoms with E-state index >= 15 is 0 Å². The first-order valence-corrected chi connectivity index (χ1v) is 29.9. The first-order valence-electron chi connectivity index (χ1n) is 29.9. The summed E-state index contributed by atoms with van der Waals surface area (Å²) in [5.74, 6) is -3.15. The average Bonchev–Trinajstić information content (AvgIpc) is 3.39. The van der Waals surface area contributed by atoms with E-state index in [1.54, 1.807) is 0 Å². The molecule has 12 heteroatoms. The molecule has 0 bridgehead atoms. The number of rotatable bonds is 50. The zero-order valence-electron chi connectivity index (χ0n) is 47.3. The van der Waals surface area contributed by atoms with Gasteiger partial charge in [-0.1, -0.05) is 222 Å². The number of ether oxygens (including phenoxy) is 5. The van der Waals surface area contributed by atoms with Crippen LogP contribution in [0.25, 0.3) is 0 Å². The van der Waals surface area contributed by atoms with Gasteiger partial charge in [0.15, 0.2) is 24.6 Å². The molecule has 12 nitrogen and oxygen atoms in total. The number of carboxylic acid groups (broad SMARTS) is 1. The molecular weight excluding hydrogens is 949 g/mol. The van der Waals surface area contributed by atoms with Crippen molar-refractivity contribution in [2.75, 3.05) is 13.2 Å². The van der Waals surface area contributed by atoms with Crippen LogP contribution in [0.15, 0.2) is 72.9 Å². The normalized spacial score (nSPS) is 18.7. The summed E-state index contributed by atoms with van der Waals surface area (Å²) in [6.07, 6.45) is 51.5. The molecule has 6 unspecified atom stereocenters. The van der Waals surface area contributed by atoms with Gasteiger partial charge in [0.1, 0.15) is 18.8 Å². The minimum Gasteiger partial charge on any atom is -0.479 e. The van der Waals surface area contributed by atoms with Crippen LogP contribution < -0.4 is 0 Å². The number of carbonyl (C=O) groups is 4. The van der Waals surface area contributed by atoms with E-state index in [1.807, 2.05) is 0 Å². The Kier molecular flexibility index (Phi) is 47.0. The Labute approximate surface area is 455 Å². The molecule has 1 aliphatic rings. The van der Waals surface area contributed by atoms with Gasteiger partial charge in [-0.3, -0.25) is 14.4 Å². The highest BCUT2D eigenvalue weighted by Gasteiger charge is 2.50. The molecule has 0 aliphatic carbocycles. The Hall–Kier alpha value is -3.84. The van der Waals surface area contributed by atoms with E-state index in [9.17, 15) is 34.5 Å². The molecule has 1 aliphatic heterocycles. The number of esters is 3. The molecule has 0 saturated carbocycles. The predicted molar refractivity (Wildman–Crippen MR) is 303 cm³/mol. The van der Waals surface area contributed by atoms with Crippen LogP contribution in [0.2, 0.25) is 0 Å². The van der Waals surface area contributed by atoms with E-state index in [1.165, 1.54) is 57.8 Å². The lowest BCUT2D eigenvalue weighted by Crippen LogP contribution is -2.61. The van der Waals surface area contributed by atoms with Gasteiger partial charge in [0.05, 0.1) is 6.61 Å². The minimum absolute atomic E-state index is 0.0421. The fraction of sp³-hybridized carbons (Fsp3) is 0.746. The van der Waals surface area contributed by atoms with Gasteiger partial charge in [0.2, 0.25) is 0 Å². The van der Waals surface area contributed by atoms with Gasteiger partial charge < -0.3 is 39.0 Å². The predicted octanol–water partition coefficient (Wildman–Crippen LogP) is 15.3. The molecule has 1 saturated heterocycles. The second-order valence-corrected chi connectivity index (χ2v) is 20.3. The Morgan fingerprint density at radius 3 is 1.33 bits per heavy atom. The number of aliphatic hydroxyl groups excluding tert-OH is 2. The third-order valence-electron chi connectivity index (χ3n) is 13.2. The minimum atomic E-state index is -1.91. The van der Waals surface area contributed by atoms with Crippen molar-refractivity contribution in [2.45, 2.75) is 289 Å². The molecule has 0 aromatic heterocycles. The highest BCUT2D eigenvalue weighted by molar-refractivity contribution is 5.74. The maximum atomic E-state index is 13.1. The Morgan fingerprint density at radius 2 is 0.867 bits per heavy atom. The van der Waals surface area contributed by atoms with Crippen molar-refractivity contribution in [1.29, 1.82) is 0 Å². The molecule has 430 valence electrons. The monoisotopic (exact) mass is 1050 g/mol. The highest BCUT2D eigenvalue weighted by atomic mass is 16.7. The summed E-state index contributed by atoms with van der Waals surface area (Å²) in [7, 11) is 0. The molecule has 0 radical (unpaired) electrons. The summed E-state index contributed by atoms with van der Waals surface area (Å²) >= 11 is 0. The van der Waals surface area contributed by atoms with Crippen molar-refractivity contribution in [2.24, 2.45) is 0 Å². The number of carboxylic acids is 1. The molecule has 0 spiro atoms. The standard InChI is InChI=1S/C63H106O12/c1-4-7-10-13-16-19-22-25-26-27-28-29-30-33-34-37-40-43-46-49-55(64)71-52-54(73-56(65)50-47-44-41-38-35-31-23-20-17-14-11-8-5-2)53-72-63-61(59(68)58(67)60(75-63)62(69)70)74-57(66)51-48-45-42-39-36-32-24-21-18-15-12-9-6-3/h7,10,12,15-16,19,21,24-26,28-29,54,58-61,63,67-68H,4-6,8-9,11,13-14,17-18,20,22-23,27,30-53H2,1-3H3,(H,69,70)/b10-7-,15-12-,19-16-,24-21-,26-25-,29-28-. The van der Waals surface area contributed by atoms with Gasteiger partial charge in [-0.05, 0) is 83.5 Å². The molecule has 0 aromatic carbocycles. The van der Waals surface area contributed by atoms with E-state index in [0.717, 1.165) is 135 Å². The average molecular weight is 1060 g/mol. The Bertz CT molecular complexity index is 1580. The van der Waals surface area contributed by atoms with Crippen molar-refractivity contribution >= 4 is 23.9 Å². The first kappa shape index (κ1) is 69.2. The molecule has 0 amide bonds. The second kappa shape index (κ2) is 50.9. The summed E-state index contributed by atoms with van der Waals surface area (Å²) in [6, 6.07) is 0. The van der Waals surface area contributed by atoms with E-state index in [4.69, 9.17) is 23.7 Å². The van der Waals surface area contributed by atoms with E-state index < -0.39 is 67.3 Å². The van der Waals surface area contributed by atoms with Crippen molar-refractivity contribution in [1.82, 2.24) is 0 Å². The number of hydrogen-bond acceptors (Lipinski definition) is 11. The molecule has 6 atom stereocenters. The number of allylic oxidation sites excluding steroid dienone is 12. The van der Waals surface area contributed by atoms with Gasteiger partial charge in [-0.15, -0.1) is 0 Å². The van der Waals surface area contributed by atoms with Gasteiger partial charge in [0, 0.05) is 19.3 Å². The van der Waals surface area contributed by atoms with Crippen LogP contribution in [-0.4, -0.2) is 89.2 Å². The van der Waals surface area contributed by atoms with Crippen LogP contribution >= 0.6 is 0 Å². The van der Waals surface area contributed by atoms with Crippen LogP contribution in [0.4, 0.5) is 0 Å². The molecule has 75 heavy (non-hydrogen) atoms. The Balaban J connectivity index is 2.69. The maximum absolute atomic E-state index is 13.1. The molecule has 1 fully saturated rings. The molecule has 0 aromatic rings. The lowest BCUT2D eigenvalue weighted by atomic mass is 9.98. The zero-order valence-corrected chi connectivity index (χ0v) is 47.3. The number of aliphatic hydroxyl groups is 2. The van der Waals surface area contributed by atoms with Crippen LogP contribution in [0.1, 0.15) is 252 Å². The molecule has 3 N–H and O–H groups in total. The van der Waals surface area contributed by atoms with Gasteiger partial charge in [-0.25, -0.2) is 4.79 Å².